The maximum Gasteiger partial charge on any atom is 0.251 e. The van der Waals surface area contributed by atoms with E-state index in [1.807, 2.05) is 12.1 Å². The Labute approximate surface area is 133 Å². The van der Waals surface area contributed by atoms with E-state index < -0.39 is 0 Å². The van der Waals surface area contributed by atoms with E-state index in [4.69, 9.17) is 0 Å². The average Bonchev–Trinajstić information content (AvgIpc) is 3.21. The molecule has 0 bridgehead atoms. The van der Waals surface area contributed by atoms with Gasteiger partial charge in [0.15, 0.2) is 0 Å². The number of nitrogens with one attached hydrogen (secondary N) is 2. The number of rotatable bonds is 6. The Hall–Kier alpha value is -1.39. The molecule has 2 saturated heterocycles. The Balaban J connectivity index is 1.43. The van der Waals surface area contributed by atoms with E-state index in [0.29, 0.717) is 0 Å². The highest BCUT2D eigenvalue weighted by Crippen LogP contribution is 2.15. The van der Waals surface area contributed by atoms with Crippen LogP contribution in [0.1, 0.15) is 35.2 Å². The van der Waals surface area contributed by atoms with Crippen molar-refractivity contribution in [2.75, 3.05) is 39.3 Å². The normalized spacial score (nSPS) is 22.1. The molecule has 4 heteroatoms. The van der Waals surface area contributed by atoms with Crippen molar-refractivity contribution in [3.8, 4) is 0 Å². The Bertz CT molecular complexity index is 474. The number of hydrogen-bond acceptors (Lipinski definition) is 3. The van der Waals surface area contributed by atoms with Crippen LogP contribution in [0.25, 0.3) is 0 Å². The standard InChI is InChI=1S/C18H27N3O/c22-18(20-9-12-21-10-1-2-11-21)17-5-3-15(4-6-17)13-16-7-8-19-14-16/h3-6,16,19H,1-2,7-14H2,(H,20,22). The summed E-state index contributed by atoms with van der Waals surface area (Å²) in [5.74, 6) is 0.799. The molecule has 1 atom stereocenters. The van der Waals surface area contributed by atoms with Gasteiger partial charge in [-0.2, -0.15) is 0 Å². The Morgan fingerprint density at radius 1 is 1.23 bits per heavy atom. The second-order valence-corrected chi connectivity index (χ2v) is 6.56. The van der Waals surface area contributed by atoms with Crippen molar-refractivity contribution in [2.45, 2.75) is 25.7 Å². The number of amides is 1. The molecule has 0 saturated carbocycles. The molecule has 2 fully saturated rings. The van der Waals surface area contributed by atoms with E-state index in [-0.39, 0.29) is 5.91 Å². The number of likely N-dealkylation sites (tertiary alicyclic amines) is 1. The van der Waals surface area contributed by atoms with Gasteiger partial charge < -0.3 is 15.5 Å². The first-order valence-corrected chi connectivity index (χ1v) is 8.61. The summed E-state index contributed by atoms with van der Waals surface area (Å²) in [6.07, 6.45) is 4.97. The van der Waals surface area contributed by atoms with Gasteiger partial charge in [0.05, 0.1) is 0 Å². The molecule has 0 radical (unpaired) electrons. The average molecular weight is 301 g/mol. The Kier molecular flexibility index (Phi) is 5.46. The third kappa shape index (κ3) is 4.31. The van der Waals surface area contributed by atoms with E-state index >= 15 is 0 Å². The fourth-order valence-electron chi connectivity index (χ4n) is 3.45. The van der Waals surface area contributed by atoms with Crippen molar-refractivity contribution in [3.63, 3.8) is 0 Å². The van der Waals surface area contributed by atoms with Crippen LogP contribution in [0, 0.1) is 5.92 Å². The predicted octanol–water partition coefficient (Wildman–Crippen LogP) is 1.66. The van der Waals surface area contributed by atoms with Crippen LogP contribution >= 0.6 is 0 Å². The lowest BCUT2D eigenvalue weighted by Gasteiger charge is -2.14. The van der Waals surface area contributed by atoms with Crippen LogP contribution in [-0.2, 0) is 6.42 Å². The molecule has 2 aliphatic heterocycles. The summed E-state index contributed by atoms with van der Waals surface area (Å²) >= 11 is 0. The molecule has 4 nitrogen and oxygen atoms in total. The summed E-state index contributed by atoms with van der Waals surface area (Å²) in [4.78, 5) is 14.6. The highest BCUT2D eigenvalue weighted by molar-refractivity contribution is 5.94. The predicted molar refractivity (Wildman–Crippen MR) is 89.1 cm³/mol. The van der Waals surface area contributed by atoms with Crippen LogP contribution in [0.15, 0.2) is 24.3 Å². The molecular weight excluding hydrogens is 274 g/mol. The molecule has 0 aromatic heterocycles. The highest BCUT2D eigenvalue weighted by atomic mass is 16.1. The summed E-state index contributed by atoms with van der Waals surface area (Å²) in [5, 5.41) is 6.43. The van der Waals surface area contributed by atoms with Gasteiger partial charge in [0.1, 0.15) is 0 Å². The maximum atomic E-state index is 12.1. The van der Waals surface area contributed by atoms with Crippen molar-refractivity contribution in [1.82, 2.24) is 15.5 Å². The smallest absolute Gasteiger partial charge is 0.251 e. The number of hydrogen-bond donors (Lipinski definition) is 2. The molecular formula is C18H27N3O. The molecule has 0 spiro atoms. The van der Waals surface area contributed by atoms with Gasteiger partial charge in [-0.3, -0.25) is 4.79 Å². The second-order valence-electron chi connectivity index (χ2n) is 6.56. The van der Waals surface area contributed by atoms with Gasteiger partial charge >= 0.3 is 0 Å². The first-order valence-electron chi connectivity index (χ1n) is 8.61. The number of carbonyl (C=O) groups excluding carboxylic acids is 1. The Morgan fingerprint density at radius 2 is 2.00 bits per heavy atom. The van der Waals surface area contributed by atoms with Gasteiger partial charge in [0.2, 0.25) is 0 Å². The number of nitrogens with zero attached hydrogens (tertiary/aromatic N) is 1. The fraction of sp³-hybridized carbons (Fsp3) is 0.611. The van der Waals surface area contributed by atoms with Gasteiger partial charge in [0.25, 0.3) is 5.91 Å². The van der Waals surface area contributed by atoms with Gasteiger partial charge in [0, 0.05) is 18.7 Å². The van der Waals surface area contributed by atoms with Crippen molar-refractivity contribution in [3.05, 3.63) is 35.4 Å². The van der Waals surface area contributed by atoms with Gasteiger partial charge in [-0.15, -0.1) is 0 Å². The summed E-state index contributed by atoms with van der Waals surface area (Å²) < 4.78 is 0. The van der Waals surface area contributed by atoms with Gasteiger partial charge in [-0.05, 0) is 75.5 Å². The second kappa shape index (κ2) is 7.75. The summed E-state index contributed by atoms with van der Waals surface area (Å²) in [5.41, 5.74) is 2.11. The van der Waals surface area contributed by atoms with Crippen LogP contribution in [0.4, 0.5) is 0 Å². The lowest BCUT2D eigenvalue weighted by atomic mass is 9.98. The number of carbonyl (C=O) groups is 1. The van der Waals surface area contributed by atoms with Crippen molar-refractivity contribution in [1.29, 1.82) is 0 Å². The van der Waals surface area contributed by atoms with Crippen LogP contribution in [0.2, 0.25) is 0 Å². The molecule has 1 amide bonds. The van der Waals surface area contributed by atoms with E-state index in [1.165, 1.54) is 37.9 Å². The first-order chi connectivity index (χ1) is 10.8. The summed E-state index contributed by atoms with van der Waals surface area (Å²) in [6, 6.07) is 8.13. The quantitative estimate of drug-likeness (QED) is 0.840. The monoisotopic (exact) mass is 301 g/mol. The zero-order valence-corrected chi connectivity index (χ0v) is 13.3. The minimum Gasteiger partial charge on any atom is -0.351 e. The third-order valence-electron chi connectivity index (χ3n) is 4.82. The lowest BCUT2D eigenvalue weighted by molar-refractivity contribution is 0.0950. The summed E-state index contributed by atoms with van der Waals surface area (Å²) in [7, 11) is 0. The van der Waals surface area contributed by atoms with Crippen molar-refractivity contribution >= 4 is 5.91 Å². The SMILES string of the molecule is O=C(NCCN1CCCC1)c1ccc(CC2CCNC2)cc1. The summed E-state index contributed by atoms with van der Waals surface area (Å²) in [6.45, 7) is 6.34. The topological polar surface area (TPSA) is 44.4 Å². The molecule has 2 heterocycles. The molecule has 0 aliphatic carbocycles. The molecule has 2 N–H and O–H groups in total. The van der Waals surface area contributed by atoms with Gasteiger partial charge in [-0.25, -0.2) is 0 Å². The number of benzene rings is 1. The maximum absolute atomic E-state index is 12.1. The van der Waals surface area contributed by atoms with Crippen molar-refractivity contribution < 1.29 is 4.79 Å². The molecule has 2 aliphatic rings. The lowest BCUT2D eigenvalue weighted by Crippen LogP contribution is -2.33. The minimum atomic E-state index is 0.0493. The van der Waals surface area contributed by atoms with E-state index in [2.05, 4.69) is 27.7 Å². The molecule has 1 unspecified atom stereocenters. The van der Waals surface area contributed by atoms with E-state index in [1.54, 1.807) is 0 Å². The van der Waals surface area contributed by atoms with E-state index in [9.17, 15) is 4.79 Å². The van der Waals surface area contributed by atoms with Crippen molar-refractivity contribution in [2.24, 2.45) is 5.92 Å². The largest absolute Gasteiger partial charge is 0.351 e. The van der Waals surface area contributed by atoms with Crippen LogP contribution in [-0.4, -0.2) is 50.1 Å². The zero-order valence-electron chi connectivity index (χ0n) is 13.3. The Morgan fingerprint density at radius 3 is 2.68 bits per heavy atom. The first kappa shape index (κ1) is 15.5. The molecule has 1 aromatic rings. The molecule has 1 aromatic carbocycles. The van der Waals surface area contributed by atoms with E-state index in [0.717, 1.165) is 44.1 Å². The molecule has 3 rings (SSSR count). The van der Waals surface area contributed by atoms with Crippen LogP contribution < -0.4 is 10.6 Å². The van der Waals surface area contributed by atoms with Gasteiger partial charge in [-0.1, -0.05) is 12.1 Å². The van der Waals surface area contributed by atoms with Crippen LogP contribution in [0.3, 0.4) is 0 Å². The zero-order chi connectivity index (χ0) is 15.2. The minimum absolute atomic E-state index is 0.0493. The highest BCUT2D eigenvalue weighted by Gasteiger charge is 2.15. The molecule has 22 heavy (non-hydrogen) atoms. The third-order valence-corrected chi connectivity index (χ3v) is 4.82. The fourth-order valence-corrected chi connectivity index (χ4v) is 3.45. The van der Waals surface area contributed by atoms with Crippen LogP contribution in [0.5, 0.6) is 0 Å². The molecule has 120 valence electrons.